The minimum absolute atomic E-state index is 0.228. The van der Waals surface area contributed by atoms with Crippen LogP contribution in [0, 0.1) is 0 Å². The zero-order chi connectivity index (χ0) is 27.2. The molecule has 1 aliphatic rings. The van der Waals surface area contributed by atoms with E-state index in [1.807, 2.05) is 66.7 Å². The summed E-state index contributed by atoms with van der Waals surface area (Å²) < 4.78 is 0. The molecule has 6 heteroatoms. The fourth-order valence-electron chi connectivity index (χ4n) is 5.30. The largest absolute Gasteiger partial charge is 0.480 e. The molecule has 0 bridgehead atoms. The zero-order valence-electron chi connectivity index (χ0n) is 22.3. The number of amides is 2. The SMILES string of the molecule is CC(=O)N(C1CCc2ccccc2N(Cc2ccc(C(C)C)cc2)C1=O)[C@@H](CCc1ccccc1)C(=O)O. The van der Waals surface area contributed by atoms with Crippen LogP contribution in [0.15, 0.2) is 78.9 Å². The Bertz CT molecular complexity index is 1270. The topological polar surface area (TPSA) is 77.9 Å². The third kappa shape index (κ3) is 6.13. The molecular weight excluding hydrogens is 476 g/mol. The first-order valence-electron chi connectivity index (χ1n) is 13.3. The van der Waals surface area contributed by atoms with Gasteiger partial charge < -0.3 is 14.9 Å². The summed E-state index contributed by atoms with van der Waals surface area (Å²) in [5, 5.41) is 10.2. The smallest absolute Gasteiger partial charge is 0.326 e. The monoisotopic (exact) mass is 512 g/mol. The van der Waals surface area contributed by atoms with Crippen LogP contribution in [0.25, 0.3) is 0 Å². The highest BCUT2D eigenvalue weighted by Crippen LogP contribution is 2.32. The Labute approximate surface area is 224 Å². The molecule has 198 valence electrons. The summed E-state index contributed by atoms with van der Waals surface area (Å²) in [6.45, 7) is 5.99. The van der Waals surface area contributed by atoms with Crippen molar-refractivity contribution < 1.29 is 19.5 Å². The molecule has 1 heterocycles. The predicted octanol–water partition coefficient (Wildman–Crippen LogP) is 5.59. The van der Waals surface area contributed by atoms with Crippen molar-refractivity contribution in [2.24, 2.45) is 0 Å². The van der Waals surface area contributed by atoms with E-state index in [0.717, 1.165) is 22.4 Å². The van der Waals surface area contributed by atoms with E-state index in [-0.39, 0.29) is 12.3 Å². The molecule has 0 saturated carbocycles. The van der Waals surface area contributed by atoms with Crippen molar-refractivity contribution in [1.82, 2.24) is 4.90 Å². The molecule has 0 radical (unpaired) electrons. The Hall–Kier alpha value is -3.93. The highest BCUT2D eigenvalue weighted by atomic mass is 16.4. The Balaban J connectivity index is 1.66. The van der Waals surface area contributed by atoms with Gasteiger partial charge in [-0.25, -0.2) is 4.79 Å². The second kappa shape index (κ2) is 12.1. The lowest BCUT2D eigenvalue weighted by atomic mass is 9.99. The molecule has 4 rings (SSSR count). The van der Waals surface area contributed by atoms with Crippen molar-refractivity contribution in [1.29, 1.82) is 0 Å². The molecule has 2 atom stereocenters. The molecule has 3 aromatic rings. The van der Waals surface area contributed by atoms with Gasteiger partial charge >= 0.3 is 5.97 Å². The van der Waals surface area contributed by atoms with Gasteiger partial charge in [0.25, 0.3) is 0 Å². The number of carboxylic acids is 1. The quantitative estimate of drug-likeness (QED) is 0.405. The standard InChI is InChI=1S/C32H36N2O4/c1-22(2)26-16-13-25(14-17-26)21-33-28-12-8-7-11-27(28)18-20-29(31(33)36)34(23(3)35)30(32(37)38)19-15-24-9-5-4-6-10-24/h4-14,16-17,22,29-30H,15,18-21H2,1-3H3,(H,37,38)/t29?,30-/m0/s1. The summed E-state index contributed by atoms with van der Waals surface area (Å²) in [5.74, 6) is -1.34. The average molecular weight is 513 g/mol. The van der Waals surface area contributed by atoms with Gasteiger partial charge in [-0.2, -0.15) is 0 Å². The number of para-hydroxylation sites is 1. The maximum absolute atomic E-state index is 14.2. The third-order valence-electron chi connectivity index (χ3n) is 7.38. The van der Waals surface area contributed by atoms with Crippen LogP contribution in [0.1, 0.15) is 61.8 Å². The summed E-state index contributed by atoms with van der Waals surface area (Å²) in [7, 11) is 0. The van der Waals surface area contributed by atoms with Gasteiger partial charge in [0.2, 0.25) is 11.8 Å². The lowest BCUT2D eigenvalue weighted by molar-refractivity contribution is -0.154. The first kappa shape index (κ1) is 27.1. The fourth-order valence-corrected chi connectivity index (χ4v) is 5.30. The molecule has 1 N–H and O–H groups in total. The average Bonchev–Trinajstić information content (AvgIpc) is 3.03. The molecule has 0 saturated heterocycles. The molecule has 2 amide bonds. The van der Waals surface area contributed by atoms with E-state index in [9.17, 15) is 19.5 Å². The number of fused-ring (bicyclic) bond motifs is 1. The predicted molar refractivity (Wildman–Crippen MR) is 149 cm³/mol. The Kier molecular flexibility index (Phi) is 8.62. The van der Waals surface area contributed by atoms with Crippen LogP contribution in [0.3, 0.4) is 0 Å². The second-order valence-corrected chi connectivity index (χ2v) is 10.3. The molecule has 0 aromatic heterocycles. The maximum Gasteiger partial charge on any atom is 0.326 e. The number of benzene rings is 3. The van der Waals surface area contributed by atoms with Crippen LogP contribution < -0.4 is 4.90 Å². The maximum atomic E-state index is 14.2. The minimum Gasteiger partial charge on any atom is -0.480 e. The number of carbonyl (C=O) groups excluding carboxylic acids is 2. The number of anilines is 1. The van der Waals surface area contributed by atoms with Gasteiger partial charge in [-0.3, -0.25) is 9.59 Å². The lowest BCUT2D eigenvalue weighted by Crippen LogP contribution is -2.56. The number of nitrogens with zero attached hydrogens (tertiary/aromatic N) is 2. The van der Waals surface area contributed by atoms with Crippen molar-refractivity contribution in [2.75, 3.05) is 4.90 Å². The van der Waals surface area contributed by atoms with Crippen LogP contribution in [-0.2, 0) is 33.8 Å². The van der Waals surface area contributed by atoms with Crippen molar-refractivity contribution >= 4 is 23.5 Å². The molecule has 1 unspecified atom stereocenters. The first-order chi connectivity index (χ1) is 18.3. The molecule has 38 heavy (non-hydrogen) atoms. The van der Waals surface area contributed by atoms with E-state index in [1.165, 1.54) is 17.4 Å². The molecule has 3 aromatic carbocycles. The van der Waals surface area contributed by atoms with Crippen LogP contribution in [0.4, 0.5) is 5.69 Å². The lowest BCUT2D eigenvalue weighted by Gasteiger charge is -2.36. The number of rotatable bonds is 9. The third-order valence-corrected chi connectivity index (χ3v) is 7.38. The summed E-state index contributed by atoms with van der Waals surface area (Å²) in [4.78, 5) is 42.7. The number of carbonyl (C=O) groups is 3. The summed E-state index contributed by atoms with van der Waals surface area (Å²) in [6.07, 6.45) is 1.67. The van der Waals surface area contributed by atoms with Crippen LogP contribution >= 0.6 is 0 Å². The number of aliphatic carboxylic acids is 1. The van der Waals surface area contributed by atoms with E-state index in [2.05, 4.69) is 26.0 Å². The summed E-state index contributed by atoms with van der Waals surface area (Å²) in [6, 6.07) is 23.7. The minimum atomic E-state index is -1.10. The summed E-state index contributed by atoms with van der Waals surface area (Å²) >= 11 is 0. The van der Waals surface area contributed by atoms with E-state index in [4.69, 9.17) is 0 Å². The second-order valence-electron chi connectivity index (χ2n) is 10.3. The first-order valence-corrected chi connectivity index (χ1v) is 13.3. The molecule has 0 fully saturated rings. The van der Waals surface area contributed by atoms with Gasteiger partial charge in [0.1, 0.15) is 12.1 Å². The molecule has 0 spiro atoms. The highest BCUT2D eigenvalue weighted by Gasteiger charge is 2.40. The van der Waals surface area contributed by atoms with E-state index in [1.54, 1.807) is 4.90 Å². The van der Waals surface area contributed by atoms with Gasteiger partial charge in [-0.05, 0) is 59.9 Å². The van der Waals surface area contributed by atoms with Crippen molar-refractivity contribution in [3.05, 3.63) is 101 Å². The molecular formula is C32H36N2O4. The number of aryl methyl sites for hydroxylation is 2. The number of hydrogen-bond donors (Lipinski definition) is 1. The number of carboxylic acid groups (broad SMARTS) is 1. The molecule has 1 aliphatic heterocycles. The van der Waals surface area contributed by atoms with Gasteiger partial charge in [-0.15, -0.1) is 0 Å². The zero-order valence-corrected chi connectivity index (χ0v) is 22.3. The fraction of sp³-hybridized carbons (Fsp3) is 0.344. The van der Waals surface area contributed by atoms with Gasteiger partial charge in [0.05, 0.1) is 6.54 Å². The highest BCUT2D eigenvalue weighted by molar-refractivity contribution is 6.01. The van der Waals surface area contributed by atoms with Gasteiger partial charge in [0, 0.05) is 12.6 Å². The van der Waals surface area contributed by atoms with E-state index in [0.29, 0.717) is 31.7 Å². The van der Waals surface area contributed by atoms with Crippen molar-refractivity contribution in [3.63, 3.8) is 0 Å². The number of hydrogen-bond acceptors (Lipinski definition) is 3. The van der Waals surface area contributed by atoms with E-state index >= 15 is 0 Å². The summed E-state index contributed by atoms with van der Waals surface area (Å²) in [5.41, 5.74) is 5.02. The van der Waals surface area contributed by atoms with Crippen molar-refractivity contribution in [2.45, 2.75) is 71.0 Å². The van der Waals surface area contributed by atoms with Gasteiger partial charge in [-0.1, -0.05) is 86.6 Å². The van der Waals surface area contributed by atoms with Crippen LogP contribution in [0.2, 0.25) is 0 Å². The molecule has 6 nitrogen and oxygen atoms in total. The Morgan fingerprint density at radius 3 is 2.24 bits per heavy atom. The Morgan fingerprint density at radius 1 is 0.947 bits per heavy atom. The molecule has 0 aliphatic carbocycles. The van der Waals surface area contributed by atoms with Crippen LogP contribution in [-0.4, -0.2) is 39.9 Å². The van der Waals surface area contributed by atoms with Gasteiger partial charge in [0.15, 0.2) is 0 Å². The van der Waals surface area contributed by atoms with E-state index < -0.39 is 24.0 Å². The van der Waals surface area contributed by atoms with Crippen LogP contribution in [0.5, 0.6) is 0 Å². The van der Waals surface area contributed by atoms with Crippen molar-refractivity contribution in [3.8, 4) is 0 Å². The normalized spacial score (nSPS) is 16.1. The Morgan fingerprint density at radius 2 is 1.61 bits per heavy atom.